The van der Waals surface area contributed by atoms with E-state index in [1.165, 1.54) is 18.2 Å². The van der Waals surface area contributed by atoms with Gasteiger partial charge >= 0.3 is 6.36 Å². The summed E-state index contributed by atoms with van der Waals surface area (Å²) in [5.74, 6) is -0.258. The van der Waals surface area contributed by atoms with Crippen molar-refractivity contribution in [2.24, 2.45) is 5.73 Å². The SMILES string of the molecule is CCOCCC(N)c1cccc(OC(F)(F)F)c1. The van der Waals surface area contributed by atoms with Crippen LogP contribution in [-0.4, -0.2) is 19.6 Å². The maximum Gasteiger partial charge on any atom is 0.573 e. The van der Waals surface area contributed by atoms with Crippen LogP contribution in [-0.2, 0) is 4.74 Å². The first-order chi connectivity index (χ1) is 8.42. The molecule has 2 N–H and O–H groups in total. The molecule has 0 radical (unpaired) electrons. The molecule has 0 spiro atoms. The lowest BCUT2D eigenvalue weighted by Gasteiger charge is -2.14. The second-order valence-corrected chi connectivity index (χ2v) is 3.71. The number of hydrogen-bond acceptors (Lipinski definition) is 3. The molecule has 1 aromatic carbocycles. The van der Waals surface area contributed by atoms with Gasteiger partial charge in [0, 0.05) is 19.3 Å². The van der Waals surface area contributed by atoms with E-state index in [0.29, 0.717) is 25.2 Å². The van der Waals surface area contributed by atoms with Gasteiger partial charge in [0.2, 0.25) is 0 Å². The largest absolute Gasteiger partial charge is 0.573 e. The van der Waals surface area contributed by atoms with E-state index in [1.807, 2.05) is 6.92 Å². The minimum absolute atomic E-state index is 0.258. The van der Waals surface area contributed by atoms with Crippen LogP contribution in [0.5, 0.6) is 5.75 Å². The molecule has 0 fully saturated rings. The van der Waals surface area contributed by atoms with Crippen LogP contribution in [0.15, 0.2) is 24.3 Å². The first-order valence-corrected chi connectivity index (χ1v) is 5.61. The quantitative estimate of drug-likeness (QED) is 0.802. The molecule has 0 bridgehead atoms. The Hall–Kier alpha value is -1.27. The molecule has 0 aliphatic heterocycles. The third kappa shape index (κ3) is 5.37. The molecule has 1 unspecified atom stereocenters. The van der Waals surface area contributed by atoms with Crippen LogP contribution in [0.2, 0.25) is 0 Å². The second kappa shape index (κ2) is 6.61. The molecule has 1 rings (SSSR count). The van der Waals surface area contributed by atoms with E-state index in [1.54, 1.807) is 6.07 Å². The summed E-state index contributed by atoms with van der Waals surface area (Å²) < 4.78 is 45.1. The molecule has 3 nitrogen and oxygen atoms in total. The van der Waals surface area contributed by atoms with E-state index in [4.69, 9.17) is 10.5 Å². The summed E-state index contributed by atoms with van der Waals surface area (Å²) in [6, 6.07) is 5.32. The number of alkyl halides is 3. The highest BCUT2D eigenvalue weighted by Crippen LogP contribution is 2.25. The minimum Gasteiger partial charge on any atom is -0.406 e. The van der Waals surface area contributed by atoms with E-state index in [0.717, 1.165) is 0 Å². The summed E-state index contributed by atoms with van der Waals surface area (Å²) >= 11 is 0. The number of nitrogens with two attached hydrogens (primary N) is 1. The van der Waals surface area contributed by atoms with Crippen molar-refractivity contribution in [1.82, 2.24) is 0 Å². The molecular formula is C12H16F3NO2. The predicted octanol–water partition coefficient (Wildman–Crippen LogP) is 3.01. The zero-order chi connectivity index (χ0) is 13.6. The third-order valence-corrected chi connectivity index (χ3v) is 2.30. The van der Waals surface area contributed by atoms with Crippen molar-refractivity contribution in [1.29, 1.82) is 0 Å². The molecule has 1 atom stereocenters. The van der Waals surface area contributed by atoms with Crippen molar-refractivity contribution in [2.45, 2.75) is 25.7 Å². The standard InChI is InChI=1S/C12H16F3NO2/c1-2-17-7-6-11(16)9-4-3-5-10(8-9)18-12(13,14)15/h3-5,8,11H,2,6-7,16H2,1H3. The Morgan fingerprint density at radius 2 is 2.06 bits per heavy atom. The fourth-order valence-corrected chi connectivity index (χ4v) is 1.46. The molecule has 0 amide bonds. The highest BCUT2D eigenvalue weighted by atomic mass is 19.4. The second-order valence-electron chi connectivity index (χ2n) is 3.71. The monoisotopic (exact) mass is 263 g/mol. The Bertz CT molecular complexity index is 369. The van der Waals surface area contributed by atoms with Crippen molar-refractivity contribution in [3.63, 3.8) is 0 Å². The number of hydrogen-bond donors (Lipinski definition) is 1. The van der Waals surface area contributed by atoms with Crippen LogP contribution < -0.4 is 10.5 Å². The van der Waals surface area contributed by atoms with Gasteiger partial charge in [-0.1, -0.05) is 12.1 Å². The molecule has 0 saturated heterocycles. The molecule has 18 heavy (non-hydrogen) atoms. The maximum atomic E-state index is 12.0. The summed E-state index contributed by atoms with van der Waals surface area (Å²) in [5.41, 5.74) is 6.45. The van der Waals surface area contributed by atoms with E-state index in [-0.39, 0.29) is 11.8 Å². The summed E-state index contributed by atoms with van der Waals surface area (Å²) in [7, 11) is 0. The fraction of sp³-hybridized carbons (Fsp3) is 0.500. The number of halogens is 3. The lowest BCUT2D eigenvalue weighted by molar-refractivity contribution is -0.274. The van der Waals surface area contributed by atoms with Crippen LogP contribution in [0, 0.1) is 0 Å². The summed E-state index contributed by atoms with van der Waals surface area (Å²) in [4.78, 5) is 0. The van der Waals surface area contributed by atoms with Gasteiger partial charge in [0.25, 0.3) is 0 Å². The van der Waals surface area contributed by atoms with Gasteiger partial charge < -0.3 is 15.2 Å². The van der Waals surface area contributed by atoms with Crippen molar-refractivity contribution in [3.05, 3.63) is 29.8 Å². The van der Waals surface area contributed by atoms with Crippen molar-refractivity contribution < 1.29 is 22.6 Å². The van der Waals surface area contributed by atoms with E-state index in [9.17, 15) is 13.2 Å². The van der Waals surface area contributed by atoms with Crippen molar-refractivity contribution in [2.75, 3.05) is 13.2 Å². The van der Waals surface area contributed by atoms with E-state index in [2.05, 4.69) is 4.74 Å². The number of ether oxygens (including phenoxy) is 2. The lowest BCUT2D eigenvalue weighted by Crippen LogP contribution is -2.18. The average molecular weight is 263 g/mol. The van der Waals surface area contributed by atoms with Gasteiger partial charge in [-0.2, -0.15) is 0 Å². The number of benzene rings is 1. The van der Waals surface area contributed by atoms with Crippen LogP contribution in [0.1, 0.15) is 24.9 Å². The van der Waals surface area contributed by atoms with Gasteiger partial charge in [-0.05, 0) is 31.0 Å². The summed E-state index contributed by atoms with van der Waals surface area (Å²) in [5, 5.41) is 0. The highest BCUT2D eigenvalue weighted by Gasteiger charge is 2.31. The van der Waals surface area contributed by atoms with Gasteiger partial charge in [-0.15, -0.1) is 13.2 Å². The zero-order valence-corrected chi connectivity index (χ0v) is 10.0. The smallest absolute Gasteiger partial charge is 0.406 e. The van der Waals surface area contributed by atoms with Crippen LogP contribution >= 0.6 is 0 Å². The molecule has 0 heterocycles. The van der Waals surface area contributed by atoms with E-state index < -0.39 is 6.36 Å². The number of rotatable bonds is 6. The molecule has 0 saturated carbocycles. The third-order valence-electron chi connectivity index (χ3n) is 2.30. The highest BCUT2D eigenvalue weighted by molar-refractivity contribution is 5.30. The maximum absolute atomic E-state index is 12.0. The molecule has 1 aromatic rings. The molecule has 0 aliphatic rings. The van der Waals surface area contributed by atoms with Crippen LogP contribution in [0.25, 0.3) is 0 Å². The average Bonchev–Trinajstić information content (AvgIpc) is 2.27. The summed E-state index contributed by atoms with van der Waals surface area (Å²) in [6.45, 7) is 2.93. The Morgan fingerprint density at radius 3 is 2.67 bits per heavy atom. The molecule has 102 valence electrons. The molecular weight excluding hydrogens is 247 g/mol. The Balaban J connectivity index is 2.63. The topological polar surface area (TPSA) is 44.5 Å². The van der Waals surface area contributed by atoms with Crippen molar-refractivity contribution in [3.8, 4) is 5.75 Å². The fourth-order valence-electron chi connectivity index (χ4n) is 1.46. The van der Waals surface area contributed by atoms with Gasteiger partial charge in [0.1, 0.15) is 5.75 Å². The van der Waals surface area contributed by atoms with Crippen LogP contribution in [0.3, 0.4) is 0 Å². The Morgan fingerprint density at radius 1 is 1.33 bits per heavy atom. The van der Waals surface area contributed by atoms with Crippen molar-refractivity contribution >= 4 is 0 Å². The Labute approximate surface area is 104 Å². The lowest BCUT2D eigenvalue weighted by atomic mass is 10.1. The zero-order valence-electron chi connectivity index (χ0n) is 10.0. The molecule has 0 aromatic heterocycles. The van der Waals surface area contributed by atoms with Crippen LogP contribution in [0.4, 0.5) is 13.2 Å². The summed E-state index contributed by atoms with van der Waals surface area (Å²) in [6.07, 6.45) is -4.14. The van der Waals surface area contributed by atoms with Gasteiger partial charge in [0.15, 0.2) is 0 Å². The van der Waals surface area contributed by atoms with Gasteiger partial charge in [0.05, 0.1) is 0 Å². The predicted molar refractivity (Wildman–Crippen MR) is 61.2 cm³/mol. The minimum atomic E-state index is -4.69. The first-order valence-electron chi connectivity index (χ1n) is 5.61. The van der Waals surface area contributed by atoms with Gasteiger partial charge in [-0.25, -0.2) is 0 Å². The Kier molecular flexibility index (Phi) is 5.43. The molecule has 0 aliphatic carbocycles. The van der Waals surface area contributed by atoms with Gasteiger partial charge in [-0.3, -0.25) is 0 Å². The first kappa shape index (κ1) is 14.8. The normalized spacial score (nSPS) is 13.4. The van der Waals surface area contributed by atoms with E-state index >= 15 is 0 Å². The molecule has 6 heteroatoms.